The molecule has 0 spiro atoms. The number of rotatable bonds is 4. The van der Waals surface area contributed by atoms with Crippen LogP contribution in [0.1, 0.15) is 23.7 Å². The Bertz CT molecular complexity index is 387. The minimum atomic E-state index is -0.967. The lowest BCUT2D eigenvalue weighted by Gasteiger charge is -2.05. The van der Waals surface area contributed by atoms with Crippen molar-refractivity contribution < 1.29 is 14.7 Å². The predicted octanol–water partition coefficient (Wildman–Crippen LogP) is 2.63. The summed E-state index contributed by atoms with van der Waals surface area (Å²) in [5, 5.41) is 9.13. The summed E-state index contributed by atoms with van der Waals surface area (Å²) in [5.41, 5.74) is 0.454. The summed E-state index contributed by atoms with van der Waals surface area (Å²) in [6.07, 6.45) is -0.00429. The normalized spacial score (nSPS) is 12.1. The molecule has 1 aromatic carbocycles. The van der Waals surface area contributed by atoms with Gasteiger partial charge in [0.05, 0.1) is 5.92 Å². The number of carbonyl (C=O) groups is 2. The van der Waals surface area contributed by atoms with Gasteiger partial charge in [-0.25, -0.2) is 0 Å². The number of carboxylic acids is 1. The van der Waals surface area contributed by atoms with Crippen LogP contribution in [0.2, 0.25) is 5.02 Å². The van der Waals surface area contributed by atoms with Crippen molar-refractivity contribution in [1.82, 2.24) is 0 Å². The second-order valence-electron chi connectivity index (χ2n) is 3.38. The highest BCUT2D eigenvalue weighted by Crippen LogP contribution is 2.14. The van der Waals surface area contributed by atoms with Gasteiger partial charge >= 0.3 is 5.97 Å². The van der Waals surface area contributed by atoms with Crippen LogP contribution < -0.4 is 0 Å². The van der Waals surface area contributed by atoms with Gasteiger partial charge in [-0.05, 0) is 12.1 Å². The second kappa shape index (κ2) is 4.94. The first-order chi connectivity index (χ1) is 7.00. The van der Waals surface area contributed by atoms with Crippen LogP contribution in [0.15, 0.2) is 24.3 Å². The molecule has 0 aliphatic carbocycles. The summed E-state index contributed by atoms with van der Waals surface area (Å²) < 4.78 is 0. The fourth-order valence-corrected chi connectivity index (χ4v) is 1.34. The zero-order chi connectivity index (χ0) is 11.4. The van der Waals surface area contributed by atoms with E-state index in [0.717, 1.165) is 0 Å². The van der Waals surface area contributed by atoms with E-state index in [1.165, 1.54) is 6.92 Å². The maximum absolute atomic E-state index is 11.6. The molecule has 0 aromatic heterocycles. The van der Waals surface area contributed by atoms with Gasteiger partial charge in [-0.3, -0.25) is 9.59 Å². The van der Waals surface area contributed by atoms with Gasteiger partial charge in [-0.1, -0.05) is 30.7 Å². The average Bonchev–Trinajstić information content (AvgIpc) is 2.17. The first kappa shape index (κ1) is 11.7. The first-order valence-corrected chi connectivity index (χ1v) is 4.90. The SMILES string of the molecule is C[C@H](CC(=O)c1cccc(Cl)c1)C(=O)O. The summed E-state index contributed by atoms with van der Waals surface area (Å²) >= 11 is 5.72. The number of ketones is 1. The van der Waals surface area contributed by atoms with Crippen molar-refractivity contribution in [3.8, 4) is 0 Å². The van der Waals surface area contributed by atoms with E-state index < -0.39 is 11.9 Å². The summed E-state index contributed by atoms with van der Waals surface area (Å²) in [5.74, 6) is -1.84. The minimum Gasteiger partial charge on any atom is -0.481 e. The van der Waals surface area contributed by atoms with E-state index in [4.69, 9.17) is 16.7 Å². The van der Waals surface area contributed by atoms with E-state index in [1.807, 2.05) is 0 Å². The lowest BCUT2D eigenvalue weighted by molar-refractivity contribution is -0.141. The lowest BCUT2D eigenvalue weighted by atomic mass is 10.00. The molecule has 15 heavy (non-hydrogen) atoms. The van der Waals surface area contributed by atoms with Crippen LogP contribution in [-0.2, 0) is 4.79 Å². The van der Waals surface area contributed by atoms with Crippen molar-refractivity contribution in [2.75, 3.05) is 0 Å². The molecule has 0 fully saturated rings. The van der Waals surface area contributed by atoms with Gasteiger partial charge in [-0.2, -0.15) is 0 Å². The molecule has 1 aromatic rings. The Morgan fingerprint density at radius 1 is 1.47 bits per heavy atom. The topological polar surface area (TPSA) is 54.4 Å². The Morgan fingerprint density at radius 2 is 2.13 bits per heavy atom. The summed E-state index contributed by atoms with van der Waals surface area (Å²) in [6.45, 7) is 1.50. The first-order valence-electron chi connectivity index (χ1n) is 4.52. The monoisotopic (exact) mass is 226 g/mol. The van der Waals surface area contributed by atoms with Crippen LogP contribution in [0.25, 0.3) is 0 Å². The molecule has 0 bridgehead atoms. The highest BCUT2D eigenvalue weighted by molar-refractivity contribution is 6.31. The highest BCUT2D eigenvalue weighted by Gasteiger charge is 2.16. The van der Waals surface area contributed by atoms with Gasteiger partial charge in [-0.15, -0.1) is 0 Å². The van der Waals surface area contributed by atoms with Gasteiger partial charge < -0.3 is 5.11 Å². The van der Waals surface area contributed by atoms with Crippen LogP contribution in [0.5, 0.6) is 0 Å². The third-order valence-electron chi connectivity index (χ3n) is 2.06. The highest BCUT2D eigenvalue weighted by atomic mass is 35.5. The van der Waals surface area contributed by atoms with Crippen LogP contribution in [0.4, 0.5) is 0 Å². The maximum Gasteiger partial charge on any atom is 0.306 e. The molecule has 80 valence electrons. The number of hydrogen-bond acceptors (Lipinski definition) is 2. The van der Waals surface area contributed by atoms with Gasteiger partial charge in [0.1, 0.15) is 0 Å². The Morgan fingerprint density at radius 3 is 2.67 bits per heavy atom. The summed E-state index contributed by atoms with van der Waals surface area (Å²) in [6, 6.07) is 6.50. The molecule has 0 heterocycles. The van der Waals surface area contributed by atoms with Gasteiger partial charge in [0, 0.05) is 17.0 Å². The molecule has 3 nitrogen and oxygen atoms in total. The molecule has 4 heteroatoms. The number of carbonyl (C=O) groups excluding carboxylic acids is 1. The molecule has 1 atom stereocenters. The van der Waals surface area contributed by atoms with Crippen molar-refractivity contribution in [2.24, 2.45) is 5.92 Å². The van der Waals surface area contributed by atoms with E-state index in [-0.39, 0.29) is 12.2 Å². The average molecular weight is 227 g/mol. The molecule has 0 aliphatic heterocycles. The number of benzene rings is 1. The quantitative estimate of drug-likeness (QED) is 0.803. The third kappa shape index (κ3) is 3.36. The standard InChI is InChI=1S/C11H11ClO3/c1-7(11(14)15)5-10(13)8-3-2-4-9(12)6-8/h2-4,6-7H,5H2,1H3,(H,14,15)/t7-/m1/s1. The van der Waals surface area contributed by atoms with Crippen LogP contribution in [0, 0.1) is 5.92 Å². The van der Waals surface area contributed by atoms with Gasteiger partial charge in [0.2, 0.25) is 0 Å². The number of carboxylic acid groups (broad SMARTS) is 1. The third-order valence-corrected chi connectivity index (χ3v) is 2.29. The maximum atomic E-state index is 11.6. The minimum absolute atomic E-state index is 0.00429. The van der Waals surface area contributed by atoms with Crippen molar-refractivity contribution in [3.63, 3.8) is 0 Å². The van der Waals surface area contributed by atoms with Crippen molar-refractivity contribution in [1.29, 1.82) is 0 Å². The molecular weight excluding hydrogens is 216 g/mol. The van der Waals surface area contributed by atoms with Crippen molar-refractivity contribution in [2.45, 2.75) is 13.3 Å². The number of aliphatic carboxylic acids is 1. The molecular formula is C11H11ClO3. The molecule has 0 saturated heterocycles. The Kier molecular flexibility index (Phi) is 3.86. The molecule has 0 amide bonds. The zero-order valence-corrected chi connectivity index (χ0v) is 8.99. The molecule has 0 radical (unpaired) electrons. The van der Waals surface area contributed by atoms with E-state index >= 15 is 0 Å². The molecule has 0 saturated carbocycles. The van der Waals surface area contributed by atoms with Crippen LogP contribution in [-0.4, -0.2) is 16.9 Å². The predicted molar refractivity (Wildman–Crippen MR) is 57.2 cm³/mol. The number of halogens is 1. The molecule has 0 aliphatic rings. The Hall–Kier alpha value is -1.35. The second-order valence-corrected chi connectivity index (χ2v) is 3.81. The van der Waals surface area contributed by atoms with E-state index in [2.05, 4.69) is 0 Å². The van der Waals surface area contributed by atoms with E-state index in [0.29, 0.717) is 10.6 Å². The largest absolute Gasteiger partial charge is 0.481 e. The number of hydrogen-bond donors (Lipinski definition) is 1. The molecule has 1 N–H and O–H groups in total. The number of Topliss-reactive ketones (excluding diaryl/α,β-unsaturated/α-hetero) is 1. The fourth-order valence-electron chi connectivity index (χ4n) is 1.15. The van der Waals surface area contributed by atoms with Crippen molar-refractivity contribution >= 4 is 23.4 Å². The lowest BCUT2D eigenvalue weighted by Crippen LogP contribution is -2.14. The van der Waals surface area contributed by atoms with Crippen LogP contribution >= 0.6 is 11.6 Å². The Labute approximate surface area is 92.7 Å². The summed E-state index contributed by atoms with van der Waals surface area (Å²) in [4.78, 5) is 22.1. The summed E-state index contributed by atoms with van der Waals surface area (Å²) in [7, 11) is 0. The fraction of sp³-hybridized carbons (Fsp3) is 0.273. The molecule has 0 unspecified atom stereocenters. The van der Waals surface area contributed by atoms with Gasteiger partial charge in [0.15, 0.2) is 5.78 Å². The van der Waals surface area contributed by atoms with E-state index in [9.17, 15) is 9.59 Å². The van der Waals surface area contributed by atoms with Crippen LogP contribution in [0.3, 0.4) is 0 Å². The molecule has 1 rings (SSSR count). The van der Waals surface area contributed by atoms with Gasteiger partial charge in [0.25, 0.3) is 0 Å². The zero-order valence-electron chi connectivity index (χ0n) is 8.24. The van der Waals surface area contributed by atoms with E-state index in [1.54, 1.807) is 24.3 Å². The van der Waals surface area contributed by atoms with Crippen molar-refractivity contribution in [3.05, 3.63) is 34.9 Å². The Balaban J connectivity index is 2.73. The smallest absolute Gasteiger partial charge is 0.306 e.